The van der Waals surface area contributed by atoms with E-state index in [4.69, 9.17) is 5.73 Å². The number of aliphatic carboxylic acids is 1. The lowest BCUT2D eigenvalue weighted by atomic mass is 10.0. The smallest absolute Gasteiger partial charge is 0.326 e. The molecule has 0 aliphatic carbocycles. The fourth-order valence-electron chi connectivity index (χ4n) is 4.19. The minimum Gasteiger partial charge on any atom is -0.480 e. The van der Waals surface area contributed by atoms with E-state index in [9.17, 15) is 27.9 Å². The number of unbranched alkanes of at least 4 members (excludes halogenated alkanes) is 4. The number of carbonyl (C=O) groups excluding carboxylic acids is 2. The van der Waals surface area contributed by atoms with Gasteiger partial charge in [0.15, 0.2) is 0 Å². The lowest BCUT2D eigenvalue weighted by Gasteiger charge is -2.25. The van der Waals surface area contributed by atoms with Crippen LogP contribution in [0.4, 0.5) is 0 Å². The lowest BCUT2D eigenvalue weighted by molar-refractivity contribution is -0.142. The summed E-state index contributed by atoms with van der Waals surface area (Å²) in [6.07, 6.45) is 5.77. The van der Waals surface area contributed by atoms with Gasteiger partial charge < -0.3 is 16.2 Å². The van der Waals surface area contributed by atoms with Crippen molar-refractivity contribution in [1.29, 1.82) is 0 Å². The van der Waals surface area contributed by atoms with Crippen LogP contribution in [0.15, 0.2) is 40.2 Å². The number of rotatable bonds is 16. The van der Waals surface area contributed by atoms with Gasteiger partial charge in [0.1, 0.15) is 17.9 Å². The quantitative estimate of drug-likeness (QED) is 0.171. The molecule has 1 fully saturated rings. The summed E-state index contributed by atoms with van der Waals surface area (Å²) < 4.78 is 27.1. The molecule has 0 radical (unpaired) electrons. The predicted octanol–water partition coefficient (Wildman–Crippen LogP) is 2.48. The molecule has 200 valence electrons. The zero-order valence-corrected chi connectivity index (χ0v) is 21.7. The third-order valence-electron chi connectivity index (χ3n) is 6.16. The number of nitrogens with two attached hydrogens (primary N) is 1. The highest BCUT2D eigenvalue weighted by Gasteiger charge is 2.40. The van der Waals surface area contributed by atoms with E-state index in [0.29, 0.717) is 31.6 Å². The van der Waals surface area contributed by atoms with Crippen molar-refractivity contribution in [3.05, 3.63) is 30.3 Å². The number of hydrogen-bond acceptors (Lipinski definition) is 6. The van der Waals surface area contributed by atoms with Crippen LogP contribution in [0.3, 0.4) is 0 Å². The Morgan fingerprint density at radius 3 is 2.44 bits per heavy atom. The number of amidine groups is 1. The van der Waals surface area contributed by atoms with Gasteiger partial charge in [-0.15, -0.1) is 0 Å². The molecule has 4 N–H and O–H groups in total. The topological polar surface area (TPSA) is 159 Å². The van der Waals surface area contributed by atoms with Crippen LogP contribution in [-0.2, 0) is 24.4 Å². The maximum Gasteiger partial charge on any atom is 0.326 e. The molecule has 2 rings (SSSR count). The van der Waals surface area contributed by atoms with Gasteiger partial charge in [0, 0.05) is 25.9 Å². The first kappa shape index (κ1) is 29.4. The van der Waals surface area contributed by atoms with Crippen molar-refractivity contribution >= 4 is 33.5 Å². The van der Waals surface area contributed by atoms with E-state index < -0.39 is 34.0 Å². The van der Waals surface area contributed by atoms with Crippen LogP contribution in [0.25, 0.3) is 0 Å². The number of carboxylic acid groups (broad SMARTS) is 1. The number of carbonyl (C=O) groups is 3. The molecule has 1 aliphatic rings. The molecule has 1 aromatic carbocycles. The van der Waals surface area contributed by atoms with E-state index in [-0.39, 0.29) is 30.1 Å². The van der Waals surface area contributed by atoms with Gasteiger partial charge in [-0.05, 0) is 51.2 Å². The fraction of sp³-hybridized carbons (Fsp3) is 0.600. The van der Waals surface area contributed by atoms with Crippen LogP contribution < -0.4 is 11.1 Å². The molecule has 11 heteroatoms. The largest absolute Gasteiger partial charge is 0.480 e. The molecule has 2 atom stereocenters. The van der Waals surface area contributed by atoms with Gasteiger partial charge in [0.05, 0.1) is 10.7 Å². The van der Waals surface area contributed by atoms with E-state index in [1.807, 2.05) is 0 Å². The van der Waals surface area contributed by atoms with Crippen LogP contribution in [0.5, 0.6) is 0 Å². The molecule has 0 bridgehead atoms. The Bertz CT molecular complexity index is 1010. The molecule has 36 heavy (non-hydrogen) atoms. The molecule has 1 aromatic rings. The average molecular weight is 523 g/mol. The Hall–Kier alpha value is -2.79. The number of aliphatic imine (C=N–C) groups is 1. The van der Waals surface area contributed by atoms with Gasteiger partial charge >= 0.3 is 5.97 Å². The number of nitrogens with zero attached hydrogens (tertiary/aromatic N) is 2. The fourth-order valence-corrected chi connectivity index (χ4v) is 5.87. The van der Waals surface area contributed by atoms with E-state index in [0.717, 1.165) is 36.4 Å². The third kappa shape index (κ3) is 9.34. The molecule has 0 spiro atoms. The number of benzene rings is 1. The number of amides is 1. The molecule has 1 aliphatic heterocycles. The Kier molecular flexibility index (Phi) is 12.0. The van der Waals surface area contributed by atoms with Crippen molar-refractivity contribution in [2.45, 2.75) is 88.1 Å². The predicted molar refractivity (Wildman–Crippen MR) is 137 cm³/mol. The van der Waals surface area contributed by atoms with Gasteiger partial charge in [0.2, 0.25) is 15.9 Å². The average Bonchev–Trinajstić information content (AvgIpc) is 3.34. The first-order valence-electron chi connectivity index (χ1n) is 12.5. The number of nitrogens with one attached hydrogen (secondary N) is 1. The van der Waals surface area contributed by atoms with Crippen molar-refractivity contribution in [2.24, 2.45) is 10.7 Å². The molecule has 0 aromatic heterocycles. The summed E-state index contributed by atoms with van der Waals surface area (Å²) >= 11 is 0. The van der Waals surface area contributed by atoms with E-state index in [1.165, 1.54) is 12.1 Å². The summed E-state index contributed by atoms with van der Waals surface area (Å²) in [6, 6.07) is 5.61. The molecule has 1 heterocycles. The first-order chi connectivity index (χ1) is 17.1. The number of carboxylic acids is 1. The Morgan fingerprint density at radius 1 is 1.11 bits per heavy atom. The molecule has 10 nitrogen and oxygen atoms in total. The summed E-state index contributed by atoms with van der Waals surface area (Å²) in [7, 11) is -3.88. The summed E-state index contributed by atoms with van der Waals surface area (Å²) in [5.41, 5.74) is 5.49. The second-order valence-electron chi connectivity index (χ2n) is 9.10. The minimum absolute atomic E-state index is 0.0332. The number of hydrogen-bond donors (Lipinski definition) is 3. The summed E-state index contributed by atoms with van der Waals surface area (Å²) in [6.45, 7) is 2.65. The Morgan fingerprint density at radius 2 is 1.78 bits per heavy atom. The van der Waals surface area contributed by atoms with Crippen molar-refractivity contribution in [1.82, 2.24) is 9.62 Å². The Labute approximate surface area is 213 Å². The van der Waals surface area contributed by atoms with Crippen LogP contribution >= 0.6 is 0 Å². The minimum atomic E-state index is -3.88. The van der Waals surface area contributed by atoms with Crippen LogP contribution in [0, 0.1) is 0 Å². The summed E-state index contributed by atoms with van der Waals surface area (Å²) in [5.74, 6) is -1.37. The van der Waals surface area contributed by atoms with E-state index in [2.05, 4.69) is 10.3 Å². The molecule has 0 saturated carbocycles. The zero-order chi connectivity index (χ0) is 26.6. The molecule has 0 unspecified atom stereocenters. The normalized spacial score (nSPS) is 17.6. The van der Waals surface area contributed by atoms with Crippen molar-refractivity contribution in [3.63, 3.8) is 0 Å². The van der Waals surface area contributed by atoms with Crippen molar-refractivity contribution in [2.75, 3.05) is 13.1 Å². The highest BCUT2D eigenvalue weighted by Crippen LogP contribution is 2.26. The van der Waals surface area contributed by atoms with Gasteiger partial charge in [-0.25, -0.2) is 13.2 Å². The standard InChI is InChI=1S/C25H38N4O6S/c1-19(26)27-17-9-4-2-3-6-11-20(30)15-16-22(25(32)33)28-24(31)23-14-10-18-29(23)36(34,35)21-12-7-5-8-13-21/h5,7-8,12-13,22-23H,2-4,6,9-11,14-18H2,1H3,(H2,26,27)(H,28,31)(H,32,33)/t22-,23-/m0/s1. The van der Waals surface area contributed by atoms with Gasteiger partial charge in [-0.3, -0.25) is 14.6 Å². The zero-order valence-electron chi connectivity index (χ0n) is 20.9. The van der Waals surface area contributed by atoms with Gasteiger partial charge in [0.25, 0.3) is 0 Å². The SMILES string of the molecule is CC(N)=NCCCCCCCC(=O)CC[C@H](NC(=O)[C@@H]1CCCN1S(=O)(=O)c1ccccc1)C(=O)O. The van der Waals surface area contributed by atoms with Gasteiger partial charge in [-0.1, -0.05) is 37.5 Å². The molecular formula is C25H38N4O6S. The number of sulfonamides is 1. The maximum atomic E-state index is 13.0. The van der Waals surface area contributed by atoms with Crippen molar-refractivity contribution in [3.8, 4) is 0 Å². The Balaban J connectivity index is 1.79. The second-order valence-corrected chi connectivity index (χ2v) is 11.0. The van der Waals surface area contributed by atoms with Crippen LogP contribution in [0.2, 0.25) is 0 Å². The first-order valence-corrected chi connectivity index (χ1v) is 13.9. The van der Waals surface area contributed by atoms with E-state index in [1.54, 1.807) is 25.1 Å². The monoisotopic (exact) mass is 522 g/mol. The van der Waals surface area contributed by atoms with Crippen molar-refractivity contribution < 1.29 is 27.9 Å². The molecular weight excluding hydrogens is 484 g/mol. The van der Waals surface area contributed by atoms with Crippen LogP contribution in [0.1, 0.15) is 71.1 Å². The maximum absolute atomic E-state index is 13.0. The highest BCUT2D eigenvalue weighted by molar-refractivity contribution is 7.89. The molecule has 1 amide bonds. The highest BCUT2D eigenvalue weighted by atomic mass is 32.2. The lowest BCUT2D eigenvalue weighted by Crippen LogP contribution is -2.50. The molecule has 1 saturated heterocycles. The van der Waals surface area contributed by atoms with Gasteiger partial charge in [-0.2, -0.15) is 4.31 Å². The third-order valence-corrected chi connectivity index (χ3v) is 8.08. The summed E-state index contributed by atoms with van der Waals surface area (Å²) in [5, 5.41) is 12.0. The summed E-state index contributed by atoms with van der Waals surface area (Å²) in [4.78, 5) is 41.0. The van der Waals surface area contributed by atoms with Crippen LogP contribution in [-0.4, -0.2) is 66.5 Å². The van der Waals surface area contributed by atoms with E-state index >= 15 is 0 Å². The number of ketones is 1. The number of Topliss-reactive ketones (excluding diaryl/α,β-unsaturated/α-hetero) is 1. The second kappa shape index (κ2) is 14.7.